The Hall–Kier alpha value is -3.79. The standard InChI is InChI=1S/C23H25N3O4/c1-5-29-21-13-17(8-11-20(21)30-15-22(27)26(3)4)12-18(14-24)23(28)25-19-9-6-16(2)7-10-19/h6-13H,5,15H2,1-4H3,(H,25,28)/b18-12+. The van der Waals surface area contributed by atoms with Gasteiger partial charge in [-0.15, -0.1) is 0 Å². The third-order valence-corrected chi connectivity index (χ3v) is 4.10. The first kappa shape index (κ1) is 22.5. The fourth-order valence-corrected chi connectivity index (χ4v) is 2.42. The van der Waals surface area contributed by atoms with Crippen LogP contribution < -0.4 is 14.8 Å². The SMILES string of the molecule is CCOc1cc(/C=C(\C#N)C(=O)Nc2ccc(C)cc2)ccc1OCC(=O)N(C)C. The maximum Gasteiger partial charge on any atom is 0.266 e. The molecule has 7 nitrogen and oxygen atoms in total. The summed E-state index contributed by atoms with van der Waals surface area (Å²) in [6.45, 7) is 4.05. The number of carbonyl (C=O) groups is 2. The number of benzene rings is 2. The summed E-state index contributed by atoms with van der Waals surface area (Å²) in [6, 6.07) is 14.2. The van der Waals surface area contributed by atoms with E-state index in [-0.39, 0.29) is 18.1 Å². The van der Waals surface area contributed by atoms with Gasteiger partial charge < -0.3 is 19.7 Å². The number of rotatable bonds is 8. The van der Waals surface area contributed by atoms with Gasteiger partial charge in [0.15, 0.2) is 18.1 Å². The number of aryl methyl sites for hydroxylation is 1. The Morgan fingerprint density at radius 3 is 2.40 bits per heavy atom. The molecular formula is C23H25N3O4. The molecule has 30 heavy (non-hydrogen) atoms. The third-order valence-electron chi connectivity index (χ3n) is 4.10. The average Bonchev–Trinajstić information content (AvgIpc) is 2.72. The van der Waals surface area contributed by atoms with Gasteiger partial charge in [0, 0.05) is 19.8 Å². The highest BCUT2D eigenvalue weighted by Crippen LogP contribution is 2.29. The Labute approximate surface area is 176 Å². The minimum Gasteiger partial charge on any atom is -0.490 e. The summed E-state index contributed by atoms with van der Waals surface area (Å²) in [4.78, 5) is 25.6. The van der Waals surface area contributed by atoms with E-state index in [1.807, 2.05) is 32.0 Å². The van der Waals surface area contributed by atoms with E-state index in [9.17, 15) is 14.9 Å². The quantitative estimate of drug-likeness (QED) is 0.535. The van der Waals surface area contributed by atoms with Gasteiger partial charge in [-0.05, 0) is 49.8 Å². The molecule has 0 fully saturated rings. The number of nitriles is 1. The number of hydrogen-bond acceptors (Lipinski definition) is 5. The van der Waals surface area contributed by atoms with Crippen molar-refractivity contribution in [2.24, 2.45) is 0 Å². The number of ether oxygens (including phenoxy) is 2. The molecule has 156 valence electrons. The van der Waals surface area contributed by atoms with Gasteiger partial charge in [-0.2, -0.15) is 5.26 Å². The van der Waals surface area contributed by atoms with Crippen LogP contribution in [0.1, 0.15) is 18.1 Å². The normalized spacial score (nSPS) is 10.7. The molecule has 0 bridgehead atoms. The van der Waals surface area contributed by atoms with Crippen LogP contribution in [0.15, 0.2) is 48.0 Å². The van der Waals surface area contributed by atoms with Crippen LogP contribution >= 0.6 is 0 Å². The molecular weight excluding hydrogens is 382 g/mol. The molecule has 0 unspecified atom stereocenters. The van der Waals surface area contributed by atoms with Gasteiger partial charge in [0.1, 0.15) is 11.6 Å². The molecule has 2 aromatic carbocycles. The zero-order chi connectivity index (χ0) is 22.1. The topological polar surface area (TPSA) is 91.7 Å². The summed E-state index contributed by atoms with van der Waals surface area (Å²) < 4.78 is 11.1. The van der Waals surface area contributed by atoms with Crippen LogP contribution in [0.3, 0.4) is 0 Å². The maximum atomic E-state index is 12.5. The van der Waals surface area contributed by atoms with Gasteiger partial charge in [-0.1, -0.05) is 23.8 Å². The van der Waals surface area contributed by atoms with Crippen molar-refractivity contribution in [3.63, 3.8) is 0 Å². The Morgan fingerprint density at radius 2 is 1.80 bits per heavy atom. The van der Waals surface area contributed by atoms with Gasteiger partial charge in [0.2, 0.25) is 0 Å². The molecule has 0 aromatic heterocycles. The van der Waals surface area contributed by atoms with Crippen LogP contribution in [0.25, 0.3) is 6.08 Å². The number of nitrogens with one attached hydrogen (secondary N) is 1. The zero-order valence-corrected chi connectivity index (χ0v) is 17.6. The second kappa shape index (κ2) is 10.7. The number of hydrogen-bond donors (Lipinski definition) is 1. The molecule has 7 heteroatoms. The molecule has 0 aliphatic rings. The van der Waals surface area contributed by atoms with Crippen LogP contribution in [0.4, 0.5) is 5.69 Å². The second-order valence-electron chi connectivity index (χ2n) is 6.71. The summed E-state index contributed by atoms with van der Waals surface area (Å²) in [5.41, 5.74) is 2.23. The fourth-order valence-electron chi connectivity index (χ4n) is 2.42. The van der Waals surface area contributed by atoms with E-state index in [2.05, 4.69) is 5.32 Å². The molecule has 0 aliphatic heterocycles. The van der Waals surface area contributed by atoms with Crippen molar-refractivity contribution in [1.82, 2.24) is 4.90 Å². The summed E-state index contributed by atoms with van der Waals surface area (Å²) in [7, 11) is 3.29. The summed E-state index contributed by atoms with van der Waals surface area (Å²) in [6.07, 6.45) is 1.47. The first-order valence-electron chi connectivity index (χ1n) is 9.43. The molecule has 0 radical (unpaired) electrons. The highest BCUT2D eigenvalue weighted by atomic mass is 16.5. The Morgan fingerprint density at radius 1 is 1.10 bits per heavy atom. The first-order chi connectivity index (χ1) is 14.3. The number of likely N-dealkylation sites (N-methyl/N-ethyl adjacent to an activating group) is 1. The second-order valence-corrected chi connectivity index (χ2v) is 6.71. The van der Waals surface area contributed by atoms with Crippen LogP contribution in [-0.4, -0.2) is 44.0 Å². The minimum atomic E-state index is -0.504. The minimum absolute atomic E-state index is 0.0468. The van der Waals surface area contributed by atoms with Crippen molar-refractivity contribution in [3.8, 4) is 17.6 Å². The van der Waals surface area contributed by atoms with Crippen LogP contribution in [0.2, 0.25) is 0 Å². The summed E-state index contributed by atoms with van der Waals surface area (Å²) in [5.74, 6) is 0.151. The molecule has 0 spiro atoms. The Kier molecular flexibility index (Phi) is 8.00. The Bertz CT molecular complexity index is 973. The van der Waals surface area contributed by atoms with Crippen LogP contribution in [0.5, 0.6) is 11.5 Å². The molecule has 2 amide bonds. The van der Waals surface area contributed by atoms with Gasteiger partial charge in [-0.3, -0.25) is 9.59 Å². The number of carbonyl (C=O) groups excluding carboxylic acids is 2. The molecule has 0 atom stereocenters. The maximum absolute atomic E-state index is 12.5. The van der Waals surface area contributed by atoms with E-state index in [0.717, 1.165) is 5.56 Å². The average molecular weight is 407 g/mol. The van der Waals surface area contributed by atoms with E-state index in [0.29, 0.717) is 29.4 Å². The number of anilines is 1. The predicted octanol–water partition coefficient (Wildman–Crippen LogP) is 3.41. The predicted molar refractivity (Wildman–Crippen MR) is 115 cm³/mol. The van der Waals surface area contributed by atoms with Crippen LogP contribution in [-0.2, 0) is 9.59 Å². The van der Waals surface area contributed by atoms with E-state index < -0.39 is 5.91 Å². The third kappa shape index (κ3) is 6.38. The van der Waals surface area contributed by atoms with Gasteiger partial charge in [0.25, 0.3) is 11.8 Å². The van der Waals surface area contributed by atoms with Gasteiger partial charge in [0.05, 0.1) is 6.61 Å². The molecule has 2 aromatic rings. The number of amides is 2. The van der Waals surface area contributed by atoms with E-state index >= 15 is 0 Å². The van der Waals surface area contributed by atoms with Crippen molar-refractivity contribution in [3.05, 3.63) is 59.2 Å². The first-order valence-corrected chi connectivity index (χ1v) is 9.43. The van der Waals surface area contributed by atoms with E-state index in [1.165, 1.54) is 11.0 Å². The highest BCUT2D eigenvalue weighted by molar-refractivity contribution is 6.09. The van der Waals surface area contributed by atoms with E-state index in [1.54, 1.807) is 44.4 Å². The van der Waals surface area contributed by atoms with Crippen molar-refractivity contribution in [2.75, 3.05) is 32.6 Å². The molecule has 0 saturated heterocycles. The fraction of sp³-hybridized carbons (Fsp3) is 0.261. The van der Waals surface area contributed by atoms with Crippen molar-refractivity contribution in [2.45, 2.75) is 13.8 Å². The molecule has 0 saturated carbocycles. The molecule has 0 aliphatic carbocycles. The monoisotopic (exact) mass is 407 g/mol. The van der Waals surface area contributed by atoms with Gasteiger partial charge >= 0.3 is 0 Å². The van der Waals surface area contributed by atoms with Crippen molar-refractivity contribution in [1.29, 1.82) is 5.26 Å². The van der Waals surface area contributed by atoms with Crippen LogP contribution in [0, 0.1) is 18.3 Å². The van der Waals surface area contributed by atoms with Crippen molar-refractivity contribution < 1.29 is 19.1 Å². The zero-order valence-electron chi connectivity index (χ0n) is 17.6. The largest absolute Gasteiger partial charge is 0.490 e. The molecule has 1 N–H and O–H groups in total. The lowest BCUT2D eigenvalue weighted by atomic mass is 10.1. The van der Waals surface area contributed by atoms with E-state index in [4.69, 9.17) is 9.47 Å². The molecule has 0 heterocycles. The molecule has 2 rings (SSSR count). The Balaban J connectivity index is 2.21. The lowest BCUT2D eigenvalue weighted by Gasteiger charge is -2.14. The highest BCUT2D eigenvalue weighted by Gasteiger charge is 2.13. The summed E-state index contributed by atoms with van der Waals surface area (Å²) in [5, 5.41) is 12.1. The smallest absolute Gasteiger partial charge is 0.266 e. The van der Waals surface area contributed by atoms with Crippen molar-refractivity contribution >= 4 is 23.6 Å². The lowest BCUT2D eigenvalue weighted by molar-refractivity contribution is -0.130. The lowest BCUT2D eigenvalue weighted by Crippen LogP contribution is -2.27. The number of nitrogens with zero attached hydrogens (tertiary/aromatic N) is 2. The summed E-state index contributed by atoms with van der Waals surface area (Å²) >= 11 is 0. The van der Waals surface area contributed by atoms with Gasteiger partial charge in [-0.25, -0.2) is 0 Å².